The number of aromatic nitrogens is 1. The smallest absolute Gasteiger partial charge is 0.309 e. The Bertz CT molecular complexity index is 391. The monoisotopic (exact) mass is 299 g/mol. The first kappa shape index (κ1) is 14.2. The van der Waals surface area contributed by atoms with E-state index < -0.39 is 11.4 Å². The molecule has 0 aliphatic rings. The third kappa shape index (κ3) is 4.86. The molecule has 0 radical (unpaired) electrons. The molecule has 0 aliphatic carbocycles. The van der Waals surface area contributed by atoms with Gasteiger partial charge in [-0.15, -0.1) is 0 Å². The minimum absolute atomic E-state index is 0.620. The summed E-state index contributed by atoms with van der Waals surface area (Å²) in [5.74, 6) is -0.724. The predicted octanol–water partition coefficient (Wildman–Crippen LogP) is 3.67. The molecule has 0 aromatic carbocycles. The van der Waals surface area contributed by atoms with Crippen molar-refractivity contribution in [3.8, 4) is 0 Å². The zero-order valence-corrected chi connectivity index (χ0v) is 11.8. The van der Waals surface area contributed by atoms with E-state index in [1.807, 2.05) is 18.2 Å². The van der Waals surface area contributed by atoms with Crippen molar-refractivity contribution in [1.82, 2.24) is 4.98 Å². The Balaban J connectivity index is 2.32. The number of carboxylic acids is 1. The summed E-state index contributed by atoms with van der Waals surface area (Å²) in [4.78, 5) is 15.3. The average Bonchev–Trinajstić information content (AvgIpc) is 2.24. The van der Waals surface area contributed by atoms with Crippen LogP contribution < -0.4 is 0 Å². The minimum Gasteiger partial charge on any atom is -0.481 e. The van der Waals surface area contributed by atoms with Gasteiger partial charge in [0.15, 0.2) is 0 Å². The van der Waals surface area contributed by atoms with Crippen molar-refractivity contribution in [1.29, 1.82) is 0 Å². The van der Waals surface area contributed by atoms with Crippen molar-refractivity contribution in [2.24, 2.45) is 5.41 Å². The van der Waals surface area contributed by atoms with E-state index in [-0.39, 0.29) is 0 Å². The molecule has 1 heterocycles. The van der Waals surface area contributed by atoms with E-state index in [1.54, 1.807) is 13.8 Å². The summed E-state index contributed by atoms with van der Waals surface area (Å²) in [5, 5.41) is 8.98. The third-order valence-electron chi connectivity index (χ3n) is 2.84. The lowest BCUT2D eigenvalue weighted by Gasteiger charge is -2.18. The van der Waals surface area contributed by atoms with E-state index >= 15 is 0 Å². The average molecular weight is 300 g/mol. The number of pyridine rings is 1. The summed E-state index contributed by atoms with van der Waals surface area (Å²) in [5.41, 5.74) is 0.428. The van der Waals surface area contributed by atoms with Crippen molar-refractivity contribution < 1.29 is 9.90 Å². The highest BCUT2D eigenvalue weighted by atomic mass is 79.9. The highest BCUT2D eigenvalue weighted by molar-refractivity contribution is 9.10. The van der Waals surface area contributed by atoms with Crippen LogP contribution in [0.3, 0.4) is 0 Å². The van der Waals surface area contributed by atoms with E-state index in [9.17, 15) is 4.79 Å². The molecule has 3 nitrogen and oxygen atoms in total. The number of carbonyl (C=O) groups is 1. The van der Waals surface area contributed by atoms with Gasteiger partial charge in [0.1, 0.15) is 4.60 Å². The first-order chi connectivity index (χ1) is 7.92. The lowest BCUT2D eigenvalue weighted by molar-refractivity contribution is -0.147. The first-order valence-electron chi connectivity index (χ1n) is 5.77. The van der Waals surface area contributed by atoms with Crippen molar-refractivity contribution in [2.45, 2.75) is 39.5 Å². The number of unbranched alkanes of at least 4 members (excludes halogenated alkanes) is 1. The maximum absolute atomic E-state index is 10.9. The van der Waals surface area contributed by atoms with Crippen molar-refractivity contribution in [2.75, 3.05) is 0 Å². The van der Waals surface area contributed by atoms with Crippen molar-refractivity contribution >= 4 is 21.9 Å². The quantitative estimate of drug-likeness (QED) is 0.644. The van der Waals surface area contributed by atoms with Crippen LogP contribution in [0.4, 0.5) is 0 Å². The van der Waals surface area contributed by atoms with Crippen LogP contribution in [0.5, 0.6) is 0 Å². The molecule has 0 unspecified atom stereocenters. The van der Waals surface area contributed by atoms with Gasteiger partial charge in [0.25, 0.3) is 0 Å². The highest BCUT2D eigenvalue weighted by Crippen LogP contribution is 2.23. The first-order valence-corrected chi connectivity index (χ1v) is 6.56. The molecule has 17 heavy (non-hydrogen) atoms. The van der Waals surface area contributed by atoms with Gasteiger partial charge < -0.3 is 5.11 Å². The van der Waals surface area contributed by atoms with Crippen LogP contribution in [-0.2, 0) is 11.2 Å². The van der Waals surface area contributed by atoms with E-state index in [4.69, 9.17) is 5.11 Å². The molecule has 0 fully saturated rings. The van der Waals surface area contributed by atoms with Gasteiger partial charge in [-0.25, -0.2) is 4.98 Å². The van der Waals surface area contributed by atoms with Crippen LogP contribution in [0.1, 0.15) is 38.8 Å². The fraction of sp³-hybridized carbons (Fsp3) is 0.538. The van der Waals surface area contributed by atoms with Crippen LogP contribution in [0.15, 0.2) is 22.8 Å². The number of aliphatic carboxylic acids is 1. The molecule has 94 valence electrons. The van der Waals surface area contributed by atoms with Crippen molar-refractivity contribution in [3.05, 3.63) is 28.5 Å². The SMILES string of the molecule is CC(C)(CCCCc1cccc(Br)n1)C(=O)O. The number of carboxylic acid groups (broad SMARTS) is 1. The number of hydrogen-bond donors (Lipinski definition) is 1. The molecule has 0 aliphatic heterocycles. The van der Waals surface area contributed by atoms with Gasteiger partial charge in [0, 0.05) is 5.69 Å². The Hall–Kier alpha value is -0.900. The lowest BCUT2D eigenvalue weighted by Crippen LogP contribution is -2.23. The normalized spacial score (nSPS) is 11.5. The van der Waals surface area contributed by atoms with Gasteiger partial charge in [-0.3, -0.25) is 4.79 Å². The maximum Gasteiger partial charge on any atom is 0.309 e. The molecule has 1 aromatic heterocycles. The number of nitrogens with zero attached hydrogens (tertiary/aromatic N) is 1. The second-order valence-electron chi connectivity index (χ2n) is 4.85. The summed E-state index contributed by atoms with van der Waals surface area (Å²) >= 11 is 3.33. The maximum atomic E-state index is 10.9. The summed E-state index contributed by atoms with van der Waals surface area (Å²) < 4.78 is 0.848. The zero-order chi connectivity index (χ0) is 12.9. The predicted molar refractivity (Wildman–Crippen MR) is 70.9 cm³/mol. The molecular weight excluding hydrogens is 282 g/mol. The summed E-state index contributed by atoms with van der Waals surface area (Å²) in [7, 11) is 0. The molecule has 0 bridgehead atoms. The number of hydrogen-bond acceptors (Lipinski definition) is 2. The number of rotatable bonds is 6. The number of aryl methyl sites for hydroxylation is 1. The zero-order valence-electron chi connectivity index (χ0n) is 10.2. The molecule has 0 atom stereocenters. The Morgan fingerprint density at radius 2 is 2.12 bits per heavy atom. The molecule has 0 saturated carbocycles. The van der Waals surface area contributed by atoms with Crippen LogP contribution in [-0.4, -0.2) is 16.1 Å². The van der Waals surface area contributed by atoms with Crippen LogP contribution in [0.25, 0.3) is 0 Å². The Labute approximate surface area is 110 Å². The Kier molecular flexibility index (Phi) is 5.12. The van der Waals surface area contributed by atoms with Crippen LogP contribution in [0, 0.1) is 5.41 Å². The van der Waals surface area contributed by atoms with Crippen molar-refractivity contribution in [3.63, 3.8) is 0 Å². The molecule has 0 amide bonds. The topological polar surface area (TPSA) is 50.2 Å². The van der Waals surface area contributed by atoms with Gasteiger partial charge in [-0.05, 0) is 61.2 Å². The molecule has 1 rings (SSSR count). The minimum atomic E-state index is -0.724. The van der Waals surface area contributed by atoms with Gasteiger partial charge in [-0.1, -0.05) is 12.5 Å². The van der Waals surface area contributed by atoms with Crippen LogP contribution in [0.2, 0.25) is 0 Å². The number of halogens is 1. The Morgan fingerprint density at radius 3 is 2.71 bits per heavy atom. The standard InChI is InChI=1S/C13H18BrNO2/c1-13(2,12(16)17)9-4-3-6-10-7-5-8-11(14)15-10/h5,7-8H,3-4,6,9H2,1-2H3,(H,16,17). The summed E-state index contributed by atoms with van der Waals surface area (Å²) in [6.45, 7) is 3.54. The Morgan fingerprint density at radius 1 is 1.41 bits per heavy atom. The second kappa shape index (κ2) is 6.15. The highest BCUT2D eigenvalue weighted by Gasteiger charge is 2.25. The molecule has 0 saturated heterocycles. The molecule has 0 spiro atoms. The fourth-order valence-corrected chi connectivity index (χ4v) is 1.95. The van der Waals surface area contributed by atoms with E-state index in [1.165, 1.54) is 0 Å². The van der Waals surface area contributed by atoms with Gasteiger partial charge in [-0.2, -0.15) is 0 Å². The summed E-state index contributed by atoms with van der Waals surface area (Å²) in [6.07, 6.45) is 3.49. The van der Waals surface area contributed by atoms with Gasteiger partial charge in [0.2, 0.25) is 0 Å². The van der Waals surface area contributed by atoms with Crippen LogP contribution >= 0.6 is 15.9 Å². The fourth-order valence-electron chi connectivity index (χ4n) is 1.57. The lowest BCUT2D eigenvalue weighted by atomic mass is 9.87. The van der Waals surface area contributed by atoms with E-state index in [2.05, 4.69) is 20.9 Å². The molecular formula is C13H18BrNO2. The second-order valence-corrected chi connectivity index (χ2v) is 5.66. The summed E-state index contributed by atoms with van der Waals surface area (Å²) in [6, 6.07) is 5.86. The third-order valence-corrected chi connectivity index (χ3v) is 3.28. The van der Waals surface area contributed by atoms with E-state index in [0.717, 1.165) is 29.6 Å². The molecule has 4 heteroatoms. The molecule has 1 N–H and O–H groups in total. The largest absolute Gasteiger partial charge is 0.481 e. The van der Waals surface area contributed by atoms with E-state index in [0.29, 0.717) is 6.42 Å². The van der Waals surface area contributed by atoms with Gasteiger partial charge in [0.05, 0.1) is 5.41 Å². The molecule has 1 aromatic rings. The van der Waals surface area contributed by atoms with Gasteiger partial charge >= 0.3 is 5.97 Å².